The van der Waals surface area contributed by atoms with Gasteiger partial charge in [-0.3, -0.25) is 0 Å². The maximum atomic E-state index is 15.4. The third-order valence-electron chi connectivity index (χ3n) is 11.2. The average molecular weight is 1020 g/mol. The Kier molecular flexibility index (Phi) is 14.0. The van der Waals surface area contributed by atoms with Crippen LogP contribution in [0.25, 0.3) is 10.8 Å². The molecule has 70 heavy (non-hydrogen) atoms. The monoisotopic (exact) mass is 1020 g/mol. The SMILES string of the molecule is Clc1cccc(Cc2c3ccccc3cc[n+]2Cc2ccccc2)c1.Fc1c(F)c(F)c([B-](c2c(F)c(F)c(F)c(F)c2F)(c2c(F)c(F)c(F)c(F)c2F)c2c(F)c(F)c(F)c(F)c2F)c(F)c1F. The topological polar surface area (TPSA) is 3.88 Å². The van der Waals surface area contributed by atoms with Gasteiger partial charge in [-0.1, -0.05) is 72.3 Å². The molecule has 1 nitrogen and oxygen atoms in total. The van der Waals surface area contributed by atoms with E-state index < -0.39 is 144 Å². The number of nitrogens with zero attached hydrogens (tertiary/aromatic N) is 1. The zero-order valence-corrected chi connectivity index (χ0v) is 34.8. The Bertz CT molecular complexity index is 3030. The minimum atomic E-state index is -7.22. The number of halogens is 21. The Morgan fingerprint density at radius 1 is 0.343 bits per heavy atom. The van der Waals surface area contributed by atoms with Crippen molar-refractivity contribution in [2.24, 2.45) is 0 Å². The van der Waals surface area contributed by atoms with Crippen LogP contribution in [0.1, 0.15) is 16.8 Å². The van der Waals surface area contributed by atoms with Crippen LogP contribution >= 0.6 is 11.6 Å². The van der Waals surface area contributed by atoms with Gasteiger partial charge in [-0.05, 0) is 29.1 Å². The second kappa shape index (κ2) is 19.4. The van der Waals surface area contributed by atoms with Crippen LogP contribution in [0.4, 0.5) is 87.8 Å². The van der Waals surface area contributed by atoms with Crippen LogP contribution in [0.5, 0.6) is 0 Å². The normalized spacial score (nSPS) is 11.6. The molecule has 362 valence electrons. The molecule has 0 radical (unpaired) electrons. The fraction of sp³-hybridized carbons (Fsp3) is 0.0426. The lowest BCUT2D eigenvalue weighted by molar-refractivity contribution is -0.693. The fourth-order valence-electron chi connectivity index (χ4n) is 8.16. The molecule has 0 aliphatic carbocycles. The number of fused-ring (bicyclic) bond motifs is 1. The lowest BCUT2D eigenvalue weighted by atomic mass is 9.12. The van der Waals surface area contributed by atoms with Crippen LogP contribution in [0.2, 0.25) is 5.02 Å². The fourth-order valence-corrected chi connectivity index (χ4v) is 8.37. The van der Waals surface area contributed by atoms with Gasteiger partial charge in [-0.25, -0.2) is 87.8 Å². The number of benzene rings is 7. The summed E-state index contributed by atoms with van der Waals surface area (Å²) < 4.78 is 296. The lowest BCUT2D eigenvalue weighted by Gasteiger charge is -2.44. The van der Waals surface area contributed by atoms with E-state index in [1.165, 1.54) is 27.6 Å². The zero-order chi connectivity index (χ0) is 51.4. The quantitative estimate of drug-likeness (QED) is 0.0470. The van der Waals surface area contributed by atoms with Gasteiger partial charge < -0.3 is 0 Å². The van der Waals surface area contributed by atoms with E-state index in [0.717, 1.165) is 18.0 Å². The Morgan fingerprint density at radius 3 is 1.04 bits per heavy atom. The van der Waals surface area contributed by atoms with Crippen LogP contribution < -0.4 is 26.4 Å². The first kappa shape index (κ1) is 50.8. The summed E-state index contributed by atoms with van der Waals surface area (Å²) in [5.41, 5.74) is -10.5. The lowest BCUT2D eigenvalue weighted by Crippen LogP contribution is -2.81. The van der Waals surface area contributed by atoms with E-state index in [2.05, 4.69) is 83.6 Å². The Morgan fingerprint density at radius 2 is 0.671 bits per heavy atom. The van der Waals surface area contributed by atoms with Gasteiger partial charge in [0.2, 0.25) is 0 Å². The average Bonchev–Trinajstić information content (AvgIpc) is 3.35. The molecule has 0 fully saturated rings. The minimum Gasteiger partial charge on any atom is -0.207 e. The number of hydrogen-bond acceptors (Lipinski definition) is 0. The van der Waals surface area contributed by atoms with Gasteiger partial charge in [0, 0.05) is 22.0 Å². The van der Waals surface area contributed by atoms with Crippen molar-refractivity contribution in [3.05, 3.63) is 229 Å². The maximum Gasteiger partial charge on any atom is 0.200 e. The van der Waals surface area contributed by atoms with Gasteiger partial charge in [-0.2, -0.15) is 4.57 Å². The molecule has 0 N–H and O–H groups in total. The van der Waals surface area contributed by atoms with Gasteiger partial charge in [-0.15, -0.1) is 21.9 Å². The number of rotatable bonds is 8. The maximum absolute atomic E-state index is 15.4. The first-order chi connectivity index (χ1) is 33.0. The molecule has 0 bridgehead atoms. The van der Waals surface area contributed by atoms with Crippen molar-refractivity contribution in [2.45, 2.75) is 13.0 Å². The highest BCUT2D eigenvalue weighted by Gasteiger charge is 2.52. The van der Waals surface area contributed by atoms with Crippen LogP contribution in [-0.2, 0) is 13.0 Å². The van der Waals surface area contributed by atoms with Crippen molar-refractivity contribution in [1.82, 2.24) is 0 Å². The summed E-state index contributed by atoms with van der Waals surface area (Å²) in [5.74, 6) is -71.4. The largest absolute Gasteiger partial charge is 0.207 e. The standard InChI is InChI=1S/C24BF20.C23H19ClN/c26-5-1(6(27)14(35)21(42)13(5)34)25(2-7(28)15(36)22(43)16(37)8(2)29,3-9(30)17(38)23(44)18(39)10(3)31)4-11(32)19(40)24(45)20(41)12(4)33;24-21-11-6-9-19(15-21)16-23-22-12-5-4-10-20(22)13-14-25(23)17-18-7-2-1-3-8-18/h;1-15H,16-17H2/q-1;+1. The Balaban J connectivity index is 0.000000242. The molecule has 23 heteroatoms. The van der Waals surface area contributed by atoms with E-state index in [0.29, 0.717) is 0 Å². The summed E-state index contributed by atoms with van der Waals surface area (Å²) >= 11 is 6.19. The van der Waals surface area contributed by atoms with E-state index in [-0.39, 0.29) is 0 Å². The third-order valence-corrected chi connectivity index (χ3v) is 11.5. The summed E-state index contributed by atoms with van der Waals surface area (Å²) in [6, 6.07) is 29.5. The zero-order valence-electron chi connectivity index (χ0n) is 34.0. The predicted octanol–water partition coefficient (Wildman–Crippen LogP) is 11.3. The van der Waals surface area contributed by atoms with Crippen LogP contribution in [-0.4, -0.2) is 6.15 Å². The van der Waals surface area contributed by atoms with E-state index in [1.807, 2.05) is 12.1 Å². The van der Waals surface area contributed by atoms with Crippen molar-refractivity contribution in [2.75, 3.05) is 0 Å². The van der Waals surface area contributed by atoms with Gasteiger partial charge in [0.15, 0.2) is 88.2 Å². The Hall–Kier alpha value is -7.10. The minimum absolute atomic E-state index is 0.785. The highest BCUT2D eigenvalue weighted by molar-refractivity contribution is 7.20. The molecule has 0 amide bonds. The first-order valence-corrected chi connectivity index (χ1v) is 19.8. The number of hydrogen-bond donors (Lipinski definition) is 0. The van der Waals surface area contributed by atoms with Crippen molar-refractivity contribution >= 4 is 50.4 Å². The molecule has 8 rings (SSSR count). The van der Waals surface area contributed by atoms with Crippen LogP contribution in [0.15, 0.2) is 91.1 Å². The van der Waals surface area contributed by atoms with Crippen LogP contribution in [0.3, 0.4) is 0 Å². The number of aromatic nitrogens is 1. The predicted molar refractivity (Wildman–Crippen MR) is 213 cm³/mol. The summed E-state index contributed by atoms with van der Waals surface area (Å²) in [6.07, 6.45) is -4.17. The summed E-state index contributed by atoms with van der Waals surface area (Å²) in [7, 11) is 0. The molecule has 0 atom stereocenters. The van der Waals surface area contributed by atoms with Gasteiger partial charge in [0.05, 0.1) is 6.42 Å². The highest BCUT2D eigenvalue weighted by Crippen LogP contribution is 2.31. The second-order valence-corrected chi connectivity index (χ2v) is 15.5. The smallest absolute Gasteiger partial charge is 0.200 e. The molecule has 1 aromatic heterocycles. The van der Waals surface area contributed by atoms with E-state index in [1.54, 1.807) is 0 Å². The van der Waals surface area contributed by atoms with E-state index in [9.17, 15) is 52.7 Å². The first-order valence-electron chi connectivity index (χ1n) is 19.4. The Labute approximate surface area is 384 Å². The van der Waals surface area contributed by atoms with Crippen molar-refractivity contribution in [3.63, 3.8) is 0 Å². The van der Waals surface area contributed by atoms with Crippen molar-refractivity contribution in [1.29, 1.82) is 0 Å². The molecule has 7 aromatic carbocycles. The molecule has 0 aliphatic rings. The van der Waals surface area contributed by atoms with Gasteiger partial charge >= 0.3 is 0 Å². The molecular weight excluding hydrogens is 1000 g/mol. The molecule has 0 saturated carbocycles. The highest BCUT2D eigenvalue weighted by atomic mass is 35.5. The number of pyridine rings is 1. The van der Waals surface area contributed by atoms with Crippen LogP contribution in [0, 0.1) is 116 Å². The summed E-state index contributed by atoms with van der Waals surface area (Å²) in [4.78, 5) is 0. The molecule has 8 aromatic rings. The van der Waals surface area contributed by atoms with Crippen molar-refractivity contribution < 1.29 is 92.4 Å². The molecule has 1 heterocycles. The van der Waals surface area contributed by atoms with Gasteiger partial charge in [0.1, 0.15) is 52.7 Å². The third kappa shape index (κ3) is 8.24. The summed E-state index contributed by atoms with van der Waals surface area (Å²) in [6.45, 7) is 0.863. The molecule has 0 saturated heterocycles. The van der Waals surface area contributed by atoms with Crippen molar-refractivity contribution in [3.8, 4) is 0 Å². The second-order valence-electron chi connectivity index (χ2n) is 15.1. The molecular formula is C47H19BClF20N. The molecule has 0 aliphatic heterocycles. The summed E-state index contributed by atoms with van der Waals surface area (Å²) in [5, 5.41) is 3.34. The van der Waals surface area contributed by atoms with E-state index >= 15 is 35.1 Å². The van der Waals surface area contributed by atoms with E-state index in [4.69, 9.17) is 11.6 Å². The molecule has 0 spiro atoms. The molecule has 0 unspecified atom stereocenters. The van der Waals surface area contributed by atoms with Gasteiger partial charge in [0.25, 0.3) is 0 Å².